The second-order valence-electron chi connectivity index (χ2n) is 7.00. The summed E-state index contributed by atoms with van der Waals surface area (Å²) in [4.78, 5) is 27.1. The van der Waals surface area contributed by atoms with Gasteiger partial charge in [-0.25, -0.2) is 4.79 Å². The number of amides is 1. The van der Waals surface area contributed by atoms with E-state index in [2.05, 4.69) is 0 Å². The summed E-state index contributed by atoms with van der Waals surface area (Å²) in [7, 11) is 0. The van der Waals surface area contributed by atoms with E-state index in [4.69, 9.17) is 27.9 Å². The van der Waals surface area contributed by atoms with Crippen LogP contribution in [0.2, 0.25) is 10.0 Å². The Morgan fingerprint density at radius 2 is 1.92 bits per heavy atom. The summed E-state index contributed by atoms with van der Waals surface area (Å²) < 4.78 is 5.33. The SMILES string of the molecule is CC(C)(C)OC(=O)N1CCN(Cc2ccc(Cl)c(Cl)c2)C(C(=O)O)C1. The number of carboxylic acid groups (broad SMARTS) is 1. The molecule has 138 valence electrons. The van der Waals surface area contributed by atoms with Gasteiger partial charge < -0.3 is 14.7 Å². The molecule has 1 aliphatic heterocycles. The second-order valence-corrected chi connectivity index (χ2v) is 7.81. The lowest BCUT2D eigenvalue weighted by Gasteiger charge is -2.39. The molecule has 8 heteroatoms. The lowest BCUT2D eigenvalue weighted by atomic mass is 10.1. The van der Waals surface area contributed by atoms with Gasteiger partial charge in [-0.3, -0.25) is 9.69 Å². The molecular formula is C17H22Cl2N2O4. The van der Waals surface area contributed by atoms with Crippen molar-refractivity contribution in [1.29, 1.82) is 0 Å². The Kier molecular flexibility index (Phi) is 6.19. The van der Waals surface area contributed by atoms with E-state index < -0.39 is 23.7 Å². The number of rotatable bonds is 3. The molecule has 1 aromatic carbocycles. The van der Waals surface area contributed by atoms with Crippen LogP contribution in [0, 0.1) is 0 Å². The Labute approximate surface area is 157 Å². The Hall–Kier alpha value is -1.50. The van der Waals surface area contributed by atoms with E-state index in [1.54, 1.807) is 32.9 Å². The zero-order valence-electron chi connectivity index (χ0n) is 14.5. The minimum atomic E-state index is -0.978. The maximum Gasteiger partial charge on any atom is 0.410 e. The molecule has 6 nitrogen and oxygen atoms in total. The first-order chi connectivity index (χ1) is 11.6. The van der Waals surface area contributed by atoms with Crippen LogP contribution < -0.4 is 0 Å². The van der Waals surface area contributed by atoms with Crippen molar-refractivity contribution in [2.24, 2.45) is 0 Å². The third-order valence-electron chi connectivity index (χ3n) is 3.80. The molecule has 0 radical (unpaired) electrons. The van der Waals surface area contributed by atoms with Gasteiger partial charge in [0.05, 0.1) is 16.6 Å². The Balaban J connectivity index is 2.07. The molecule has 1 saturated heterocycles. The number of ether oxygens (including phenoxy) is 1. The number of halogens is 2. The van der Waals surface area contributed by atoms with E-state index in [0.717, 1.165) is 5.56 Å². The van der Waals surface area contributed by atoms with Gasteiger partial charge in [0.15, 0.2) is 0 Å². The van der Waals surface area contributed by atoms with Crippen molar-refractivity contribution in [3.8, 4) is 0 Å². The van der Waals surface area contributed by atoms with Crippen LogP contribution in [0.5, 0.6) is 0 Å². The quantitative estimate of drug-likeness (QED) is 0.857. The predicted molar refractivity (Wildman–Crippen MR) is 96.1 cm³/mol. The summed E-state index contributed by atoms with van der Waals surface area (Å²) in [6.45, 7) is 6.65. The summed E-state index contributed by atoms with van der Waals surface area (Å²) in [6, 6.07) is 4.42. The van der Waals surface area contributed by atoms with Crippen molar-refractivity contribution in [2.75, 3.05) is 19.6 Å². The molecule has 2 rings (SSSR count). The lowest BCUT2D eigenvalue weighted by Crippen LogP contribution is -2.57. The van der Waals surface area contributed by atoms with Gasteiger partial charge >= 0.3 is 12.1 Å². The van der Waals surface area contributed by atoms with Crippen LogP contribution in [-0.2, 0) is 16.1 Å². The fourth-order valence-corrected chi connectivity index (χ4v) is 2.93. The smallest absolute Gasteiger partial charge is 0.410 e. The molecular weight excluding hydrogens is 367 g/mol. The molecule has 0 aliphatic carbocycles. The van der Waals surface area contributed by atoms with Gasteiger partial charge in [0.1, 0.15) is 11.6 Å². The zero-order valence-corrected chi connectivity index (χ0v) is 16.0. The maximum atomic E-state index is 12.2. The summed E-state index contributed by atoms with van der Waals surface area (Å²) in [5, 5.41) is 10.4. The molecule has 1 fully saturated rings. The van der Waals surface area contributed by atoms with Crippen molar-refractivity contribution in [3.05, 3.63) is 33.8 Å². The third kappa shape index (κ3) is 5.49. The van der Waals surface area contributed by atoms with Crippen molar-refractivity contribution in [3.63, 3.8) is 0 Å². The van der Waals surface area contributed by atoms with Gasteiger partial charge in [-0.2, -0.15) is 0 Å². The van der Waals surface area contributed by atoms with Crippen molar-refractivity contribution in [1.82, 2.24) is 9.80 Å². The summed E-state index contributed by atoms with van der Waals surface area (Å²) in [5.74, 6) is -0.978. The largest absolute Gasteiger partial charge is 0.480 e. The van der Waals surface area contributed by atoms with Crippen molar-refractivity contribution < 1.29 is 19.4 Å². The predicted octanol–water partition coefficient (Wildman–Crippen LogP) is 3.50. The van der Waals surface area contributed by atoms with Crippen LogP contribution in [0.15, 0.2) is 18.2 Å². The number of carbonyl (C=O) groups is 2. The highest BCUT2D eigenvalue weighted by atomic mass is 35.5. The van der Waals surface area contributed by atoms with E-state index in [9.17, 15) is 14.7 Å². The number of hydrogen-bond acceptors (Lipinski definition) is 4. The number of carbonyl (C=O) groups excluding carboxylic acids is 1. The van der Waals surface area contributed by atoms with Crippen molar-refractivity contribution >= 4 is 35.3 Å². The monoisotopic (exact) mass is 388 g/mol. The van der Waals surface area contributed by atoms with Gasteiger partial charge in [0, 0.05) is 19.6 Å². The first-order valence-electron chi connectivity index (χ1n) is 7.95. The number of piperazine rings is 1. The molecule has 0 saturated carbocycles. The van der Waals surface area contributed by atoms with Crippen LogP contribution in [0.25, 0.3) is 0 Å². The lowest BCUT2D eigenvalue weighted by molar-refractivity contribution is -0.145. The summed E-state index contributed by atoms with van der Waals surface area (Å²) in [6.07, 6.45) is -0.493. The van der Waals surface area contributed by atoms with Gasteiger partial charge in [0.25, 0.3) is 0 Å². The molecule has 1 amide bonds. The Morgan fingerprint density at radius 3 is 2.48 bits per heavy atom. The molecule has 1 atom stereocenters. The molecule has 25 heavy (non-hydrogen) atoms. The highest BCUT2D eigenvalue weighted by molar-refractivity contribution is 6.42. The van der Waals surface area contributed by atoms with Gasteiger partial charge in [0.2, 0.25) is 0 Å². The van der Waals surface area contributed by atoms with E-state index in [1.165, 1.54) is 4.90 Å². The highest BCUT2D eigenvalue weighted by Gasteiger charge is 2.35. The van der Waals surface area contributed by atoms with E-state index in [0.29, 0.717) is 29.7 Å². The van der Waals surface area contributed by atoms with Crippen LogP contribution in [0.1, 0.15) is 26.3 Å². The molecule has 1 aromatic rings. The summed E-state index contributed by atoms with van der Waals surface area (Å²) >= 11 is 11.9. The van der Waals surface area contributed by atoms with Crippen LogP contribution in [0.3, 0.4) is 0 Å². The van der Waals surface area contributed by atoms with Gasteiger partial charge in [-0.05, 0) is 38.5 Å². The standard InChI is InChI=1S/C17H22Cl2N2O4/c1-17(2,3)25-16(24)21-7-6-20(14(10-21)15(22)23)9-11-4-5-12(18)13(19)8-11/h4-5,8,14H,6-7,9-10H2,1-3H3,(H,22,23). The minimum Gasteiger partial charge on any atom is -0.480 e. The molecule has 1 unspecified atom stereocenters. The molecule has 1 aliphatic rings. The van der Waals surface area contributed by atoms with Crippen LogP contribution in [-0.4, -0.2) is 58.2 Å². The Morgan fingerprint density at radius 1 is 1.24 bits per heavy atom. The molecule has 1 heterocycles. The van der Waals surface area contributed by atoms with Gasteiger partial charge in [-0.1, -0.05) is 29.3 Å². The Bertz CT molecular complexity index is 661. The van der Waals surface area contributed by atoms with Crippen molar-refractivity contribution in [2.45, 2.75) is 39.0 Å². The minimum absolute atomic E-state index is 0.0750. The average molecular weight is 389 g/mol. The molecule has 0 aromatic heterocycles. The van der Waals surface area contributed by atoms with Gasteiger partial charge in [-0.15, -0.1) is 0 Å². The summed E-state index contributed by atoms with van der Waals surface area (Å²) in [5.41, 5.74) is 0.249. The number of hydrogen-bond donors (Lipinski definition) is 1. The molecule has 1 N–H and O–H groups in total. The van der Waals surface area contributed by atoms with E-state index in [-0.39, 0.29) is 6.54 Å². The number of aliphatic carboxylic acids is 1. The number of carboxylic acids is 1. The zero-order chi connectivity index (χ0) is 18.8. The normalized spacial score (nSPS) is 18.9. The fraction of sp³-hybridized carbons (Fsp3) is 0.529. The maximum absolute atomic E-state index is 12.2. The van der Waals surface area contributed by atoms with E-state index >= 15 is 0 Å². The van der Waals surface area contributed by atoms with Crippen LogP contribution in [0.4, 0.5) is 4.79 Å². The topological polar surface area (TPSA) is 70.1 Å². The average Bonchev–Trinajstić information content (AvgIpc) is 2.49. The first-order valence-corrected chi connectivity index (χ1v) is 8.71. The molecule has 0 bridgehead atoms. The first kappa shape index (κ1) is 19.8. The third-order valence-corrected chi connectivity index (χ3v) is 4.54. The number of nitrogens with zero attached hydrogens (tertiary/aromatic N) is 2. The highest BCUT2D eigenvalue weighted by Crippen LogP contribution is 2.24. The number of benzene rings is 1. The van der Waals surface area contributed by atoms with Crippen LogP contribution >= 0.6 is 23.2 Å². The fourth-order valence-electron chi connectivity index (χ4n) is 2.61. The second kappa shape index (κ2) is 7.81. The van der Waals surface area contributed by atoms with E-state index in [1.807, 2.05) is 11.0 Å². The molecule has 0 spiro atoms.